The van der Waals surface area contributed by atoms with Crippen LogP contribution in [0, 0.1) is 0 Å². The third kappa shape index (κ3) is 5.57. The fourth-order valence-electron chi connectivity index (χ4n) is 5.27. The van der Waals surface area contributed by atoms with Crippen molar-refractivity contribution in [2.24, 2.45) is 0 Å². The molecular weight excluding hydrogens is 609 g/mol. The topological polar surface area (TPSA) is 144 Å². The number of esters is 1. The summed E-state index contributed by atoms with van der Waals surface area (Å²) in [4.78, 5) is 13.3. The predicted molar refractivity (Wildman–Crippen MR) is 137 cm³/mol. The number of alkyl halides is 3. The van der Waals surface area contributed by atoms with Crippen molar-refractivity contribution in [1.82, 2.24) is 0 Å². The normalized spacial score (nSPS) is 41.7. The van der Waals surface area contributed by atoms with E-state index in [4.69, 9.17) is 46.8 Å². The summed E-state index contributed by atoms with van der Waals surface area (Å²) < 4.78 is 123. The van der Waals surface area contributed by atoms with Crippen molar-refractivity contribution in [2.75, 3.05) is 28.4 Å². The van der Waals surface area contributed by atoms with Gasteiger partial charge in [-0.2, -0.15) is 21.6 Å². The molecule has 0 N–H and O–H groups in total. The van der Waals surface area contributed by atoms with Crippen molar-refractivity contribution in [1.29, 1.82) is 0 Å². The van der Waals surface area contributed by atoms with Crippen LogP contribution in [0.2, 0.25) is 0 Å². The Bertz CT molecular complexity index is 1230. The van der Waals surface area contributed by atoms with Gasteiger partial charge in [0.05, 0.1) is 5.56 Å². The van der Waals surface area contributed by atoms with Gasteiger partial charge in [0, 0.05) is 28.4 Å². The minimum atomic E-state index is -6.26. The molecule has 1 aliphatic carbocycles. The first-order valence-corrected chi connectivity index (χ1v) is 14.4. The number of halogens is 3. The maximum atomic E-state index is 13.6. The molecule has 4 rings (SSSR count). The summed E-state index contributed by atoms with van der Waals surface area (Å²) in [6.07, 6.45) is -10.2. The second-order valence-electron chi connectivity index (χ2n) is 10.6. The van der Waals surface area contributed by atoms with E-state index < -0.39 is 81.4 Å². The van der Waals surface area contributed by atoms with E-state index in [1.165, 1.54) is 68.3 Å². The number of carbonyl (C=O) groups is 1. The monoisotopic (exact) mass is 644 g/mol. The molecule has 1 saturated carbocycles. The molecule has 17 heteroatoms. The third-order valence-electron chi connectivity index (χ3n) is 8.37. The zero-order chi connectivity index (χ0) is 32.2. The van der Waals surface area contributed by atoms with Crippen LogP contribution in [0.15, 0.2) is 30.3 Å². The highest BCUT2D eigenvalue weighted by molar-refractivity contribution is 7.87. The highest BCUT2D eigenvalue weighted by Crippen LogP contribution is 2.51. The Morgan fingerprint density at radius 1 is 0.698 bits per heavy atom. The minimum absolute atomic E-state index is 0.120. The zero-order valence-electron chi connectivity index (χ0n) is 24.7. The van der Waals surface area contributed by atoms with Crippen LogP contribution in [-0.2, 0) is 56.9 Å². The minimum Gasteiger partial charge on any atom is -0.453 e. The molecule has 10 atom stereocenters. The second-order valence-corrected chi connectivity index (χ2v) is 12.2. The van der Waals surface area contributed by atoms with Gasteiger partial charge in [0.25, 0.3) is 0 Å². The molecule has 3 aliphatic rings. The molecule has 13 nitrogen and oxygen atoms in total. The van der Waals surface area contributed by atoms with Crippen LogP contribution in [-0.4, -0.2) is 108 Å². The second kappa shape index (κ2) is 11.5. The van der Waals surface area contributed by atoms with Crippen LogP contribution >= 0.6 is 0 Å². The number of ether oxygens (including phenoxy) is 9. The van der Waals surface area contributed by atoms with E-state index in [0.717, 1.165) is 0 Å². The van der Waals surface area contributed by atoms with Gasteiger partial charge >= 0.3 is 21.6 Å². The molecule has 3 fully saturated rings. The van der Waals surface area contributed by atoms with Crippen LogP contribution < -0.4 is 0 Å². The van der Waals surface area contributed by atoms with E-state index in [9.17, 15) is 26.4 Å². The van der Waals surface area contributed by atoms with E-state index in [2.05, 4.69) is 0 Å². The van der Waals surface area contributed by atoms with Gasteiger partial charge in [-0.1, -0.05) is 18.2 Å². The Morgan fingerprint density at radius 2 is 1.05 bits per heavy atom. The lowest BCUT2D eigenvalue weighted by molar-refractivity contribution is -0.501. The van der Waals surface area contributed by atoms with E-state index in [1.807, 2.05) is 0 Å². The number of carbonyl (C=O) groups excluding carboxylic acids is 1. The average Bonchev–Trinajstić information content (AvgIpc) is 2.96. The van der Waals surface area contributed by atoms with Gasteiger partial charge in [0.1, 0.15) is 30.5 Å². The quantitative estimate of drug-likeness (QED) is 0.233. The highest BCUT2D eigenvalue weighted by Gasteiger charge is 2.71. The summed E-state index contributed by atoms with van der Waals surface area (Å²) in [6.45, 7) is 5.55. The maximum absolute atomic E-state index is 13.6. The summed E-state index contributed by atoms with van der Waals surface area (Å²) >= 11 is 0. The molecule has 244 valence electrons. The van der Waals surface area contributed by atoms with Gasteiger partial charge in [-0.3, -0.25) is 4.18 Å². The molecule has 0 amide bonds. The first-order chi connectivity index (χ1) is 19.8. The Balaban J connectivity index is 1.91. The fraction of sp³-hybridized carbons (Fsp3) is 0.731. The van der Waals surface area contributed by atoms with Gasteiger partial charge in [-0.25, -0.2) is 4.79 Å². The molecule has 0 spiro atoms. The van der Waals surface area contributed by atoms with Crippen molar-refractivity contribution in [3.05, 3.63) is 35.9 Å². The number of fused-ring (bicyclic) bond motifs is 2. The lowest BCUT2D eigenvalue weighted by atomic mass is 9.81. The van der Waals surface area contributed by atoms with Gasteiger partial charge in [0.2, 0.25) is 23.1 Å². The first kappa shape index (κ1) is 34.0. The molecule has 1 aromatic carbocycles. The van der Waals surface area contributed by atoms with Crippen LogP contribution in [0.25, 0.3) is 0 Å². The molecular formula is C26H35F3O13S. The number of benzene rings is 1. The summed E-state index contributed by atoms with van der Waals surface area (Å²) in [5, 5.41) is 0. The molecule has 2 heterocycles. The maximum Gasteiger partial charge on any atom is 0.523 e. The number of hydrogen-bond acceptors (Lipinski definition) is 13. The zero-order valence-corrected chi connectivity index (χ0v) is 25.5. The van der Waals surface area contributed by atoms with Crippen molar-refractivity contribution >= 4 is 16.1 Å². The lowest BCUT2D eigenvalue weighted by Gasteiger charge is -2.61. The molecule has 1 aromatic rings. The fourth-order valence-corrected chi connectivity index (χ4v) is 5.89. The van der Waals surface area contributed by atoms with E-state index in [1.54, 1.807) is 18.2 Å². The Kier molecular flexibility index (Phi) is 9.05. The van der Waals surface area contributed by atoms with Gasteiger partial charge in [-0.05, 0) is 39.8 Å². The molecule has 0 aromatic heterocycles. The summed E-state index contributed by atoms with van der Waals surface area (Å²) in [5.74, 6) is -8.12. The van der Waals surface area contributed by atoms with Crippen molar-refractivity contribution < 1.29 is 73.2 Å². The summed E-state index contributed by atoms with van der Waals surface area (Å²) in [5.41, 5.74) is -5.70. The number of rotatable bonds is 8. The summed E-state index contributed by atoms with van der Waals surface area (Å²) in [7, 11) is -1.32. The van der Waals surface area contributed by atoms with Crippen LogP contribution in [0.4, 0.5) is 13.2 Å². The SMILES string of the molecule is CO[C@@]1(C)O[C@H]2C(OC(=O)c3ccccc3)[C@H]3O[C@@](C)(OC)[C@](C)(OC)O[C@@H]3C(OS(=O)(=O)C(F)(F)F)[C@@H]2O[C@]1(C)OC. The van der Waals surface area contributed by atoms with E-state index >= 15 is 0 Å². The van der Waals surface area contributed by atoms with Gasteiger partial charge < -0.3 is 42.6 Å². The first-order valence-electron chi connectivity index (χ1n) is 13.0. The summed E-state index contributed by atoms with van der Waals surface area (Å²) in [6, 6.07) is 7.80. The van der Waals surface area contributed by atoms with Crippen LogP contribution in [0.5, 0.6) is 0 Å². The number of hydrogen-bond donors (Lipinski definition) is 0. The molecule has 2 unspecified atom stereocenters. The van der Waals surface area contributed by atoms with Gasteiger partial charge in [0.15, 0.2) is 6.10 Å². The molecule has 2 aliphatic heterocycles. The van der Waals surface area contributed by atoms with Crippen molar-refractivity contribution in [3.8, 4) is 0 Å². The van der Waals surface area contributed by atoms with E-state index in [0.29, 0.717) is 0 Å². The molecule has 0 radical (unpaired) electrons. The molecule has 43 heavy (non-hydrogen) atoms. The third-order valence-corrected chi connectivity index (χ3v) is 9.41. The smallest absolute Gasteiger partial charge is 0.453 e. The number of methoxy groups -OCH3 is 4. The Hall–Kier alpha value is -1.93. The Morgan fingerprint density at radius 3 is 1.37 bits per heavy atom. The Labute approximate surface area is 246 Å². The van der Waals surface area contributed by atoms with Gasteiger partial charge in [-0.15, -0.1) is 0 Å². The van der Waals surface area contributed by atoms with Crippen LogP contribution in [0.1, 0.15) is 38.1 Å². The standard InChI is InChI=1S/C26H35F3O13S/c1-22(33-5)24(3,35-7)40-18-16(38-22)15(37-21(30)14-12-10-9-11-13-14)17-19(20(18)42-43(31,32)26(27,28)29)41-25(4,36-8)23(2,34-6)39-17/h9-13,15-20H,1-8H3/t15?,16-,17+,18+,19-,20?,22-,23+,24-,25+. The van der Waals surface area contributed by atoms with E-state index in [-0.39, 0.29) is 5.56 Å². The molecule has 2 saturated heterocycles. The van der Waals surface area contributed by atoms with Crippen molar-refractivity contribution in [3.63, 3.8) is 0 Å². The largest absolute Gasteiger partial charge is 0.523 e. The highest BCUT2D eigenvalue weighted by atomic mass is 32.2. The van der Waals surface area contributed by atoms with Crippen LogP contribution in [0.3, 0.4) is 0 Å². The lowest BCUT2D eigenvalue weighted by Crippen LogP contribution is -2.80. The average molecular weight is 645 g/mol. The predicted octanol–water partition coefficient (Wildman–Crippen LogP) is 2.48. The molecule has 0 bridgehead atoms. The van der Waals surface area contributed by atoms with Crippen molar-refractivity contribution in [2.45, 2.75) is 93.0 Å².